The Bertz CT molecular complexity index is 985. The molecule has 3 aromatic rings. The normalized spacial score (nSPS) is 22.9. The van der Waals surface area contributed by atoms with E-state index in [2.05, 4.69) is 25.1 Å². The SMILES string of the molecule is O=C(CSc1nnc2c(n1)[nH]c1ccccc12)N1CCC[C@@H]2CCCC[C@H]21. The highest BCUT2D eigenvalue weighted by atomic mass is 32.2. The minimum atomic E-state index is 0.219. The summed E-state index contributed by atoms with van der Waals surface area (Å²) in [5.74, 6) is 1.32. The molecule has 2 fully saturated rings. The molecule has 1 amide bonds. The first-order valence-electron chi connectivity index (χ1n) is 9.83. The second kappa shape index (κ2) is 7.11. The third-order valence-corrected chi connectivity index (χ3v) is 6.81. The number of amides is 1. The number of H-pyrrole nitrogens is 1. The summed E-state index contributed by atoms with van der Waals surface area (Å²) in [4.78, 5) is 22.8. The van der Waals surface area contributed by atoms with E-state index in [9.17, 15) is 4.79 Å². The molecule has 2 atom stereocenters. The molecule has 0 spiro atoms. The topological polar surface area (TPSA) is 74.8 Å². The van der Waals surface area contributed by atoms with Gasteiger partial charge in [-0.2, -0.15) is 0 Å². The lowest BCUT2D eigenvalue weighted by Crippen LogP contribution is -2.50. The highest BCUT2D eigenvalue weighted by Crippen LogP contribution is 2.35. The number of nitrogens with one attached hydrogen (secondary N) is 1. The fourth-order valence-electron chi connectivity index (χ4n) is 4.71. The second-order valence-electron chi connectivity index (χ2n) is 7.59. The number of hydrogen-bond acceptors (Lipinski definition) is 5. The van der Waals surface area contributed by atoms with Crippen LogP contribution in [-0.4, -0.2) is 49.3 Å². The lowest BCUT2D eigenvalue weighted by Gasteiger charge is -2.44. The molecule has 2 aliphatic rings. The Balaban J connectivity index is 1.30. The molecule has 1 aromatic carbocycles. The molecule has 0 unspecified atom stereocenters. The molecule has 0 radical (unpaired) electrons. The number of hydrogen-bond donors (Lipinski definition) is 1. The van der Waals surface area contributed by atoms with Crippen LogP contribution >= 0.6 is 11.8 Å². The lowest BCUT2D eigenvalue weighted by molar-refractivity contribution is -0.134. The number of para-hydroxylation sites is 1. The molecule has 1 aliphatic heterocycles. The largest absolute Gasteiger partial charge is 0.339 e. The molecule has 0 bridgehead atoms. The predicted molar refractivity (Wildman–Crippen MR) is 107 cm³/mol. The van der Waals surface area contributed by atoms with Gasteiger partial charge in [0.05, 0.1) is 5.75 Å². The van der Waals surface area contributed by atoms with Crippen LogP contribution in [0.15, 0.2) is 29.4 Å². The van der Waals surface area contributed by atoms with Crippen LogP contribution in [0.5, 0.6) is 0 Å². The molecular weight excluding hydrogens is 358 g/mol. The van der Waals surface area contributed by atoms with Gasteiger partial charge in [0.2, 0.25) is 11.1 Å². The van der Waals surface area contributed by atoms with E-state index >= 15 is 0 Å². The summed E-state index contributed by atoms with van der Waals surface area (Å²) in [7, 11) is 0. The molecule has 2 aromatic heterocycles. The van der Waals surface area contributed by atoms with E-state index in [1.807, 2.05) is 24.3 Å². The highest BCUT2D eigenvalue weighted by Gasteiger charge is 2.35. The Labute approximate surface area is 162 Å². The predicted octanol–water partition coefficient (Wildman–Crippen LogP) is 3.78. The number of piperidine rings is 1. The number of rotatable bonds is 3. The molecule has 5 rings (SSSR count). The van der Waals surface area contributed by atoms with Crippen LogP contribution in [0.25, 0.3) is 22.1 Å². The van der Waals surface area contributed by atoms with Crippen molar-refractivity contribution in [3.8, 4) is 0 Å². The first kappa shape index (κ1) is 17.0. The minimum Gasteiger partial charge on any atom is -0.339 e. The van der Waals surface area contributed by atoms with Crippen molar-refractivity contribution in [2.24, 2.45) is 5.92 Å². The zero-order chi connectivity index (χ0) is 18.2. The standard InChI is InChI=1S/C20H23N5OS/c26-17(25-11-5-7-13-6-1-4-10-16(13)25)12-27-20-22-19-18(23-24-20)14-8-2-3-9-15(14)21-19/h2-3,8-9,13,16H,1,4-7,10-12H2,(H,21,22,24)/t13-,16+/m0/s1. The van der Waals surface area contributed by atoms with Gasteiger partial charge < -0.3 is 9.88 Å². The van der Waals surface area contributed by atoms with E-state index in [1.54, 1.807) is 0 Å². The average Bonchev–Trinajstić information content (AvgIpc) is 3.09. The molecule has 140 valence electrons. The van der Waals surface area contributed by atoms with Crippen molar-refractivity contribution >= 4 is 39.7 Å². The maximum Gasteiger partial charge on any atom is 0.233 e. The number of thioether (sulfide) groups is 1. The summed E-state index contributed by atoms with van der Waals surface area (Å²) in [6.45, 7) is 0.903. The number of likely N-dealkylation sites (tertiary alicyclic amines) is 1. The molecule has 1 saturated heterocycles. The number of aromatic nitrogens is 4. The summed E-state index contributed by atoms with van der Waals surface area (Å²) in [5.41, 5.74) is 2.51. The van der Waals surface area contributed by atoms with Gasteiger partial charge in [0.15, 0.2) is 5.65 Å². The van der Waals surface area contributed by atoms with Crippen molar-refractivity contribution in [2.75, 3.05) is 12.3 Å². The number of benzene rings is 1. The number of carbonyl (C=O) groups is 1. The van der Waals surface area contributed by atoms with Crippen molar-refractivity contribution < 1.29 is 4.79 Å². The zero-order valence-electron chi connectivity index (χ0n) is 15.2. The van der Waals surface area contributed by atoms with E-state index in [0.29, 0.717) is 22.9 Å². The monoisotopic (exact) mass is 381 g/mol. The van der Waals surface area contributed by atoms with Crippen LogP contribution in [0.4, 0.5) is 0 Å². The molecule has 1 saturated carbocycles. The van der Waals surface area contributed by atoms with Gasteiger partial charge in [0, 0.05) is 23.5 Å². The molecule has 27 heavy (non-hydrogen) atoms. The molecule has 6 nitrogen and oxygen atoms in total. The lowest BCUT2D eigenvalue weighted by atomic mass is 9.78. The molecule has 1 aliphatic carbocycles. The van der Waals surface area contributed by atoms with E-state index < -0.39 is 0 Å². The van der Waals surface area contributed by atoms with Gasteiger partial charge >= 0.3 is 0 Å². The fraction of sp³-hybridized carbons (Fsp3) is 0.500. The van der Waals surface area contributed by atoms with Gasteiger partial charge in [-0.15, -0.1) is 10.2 Å². The Morgan fingerprint density at radius 2 is 2.00 bits per heavy atom. The summed E-state index contributed by atoms with van der Waals surface area (Å²) >= 11 is 1.39. The van der Waals surface area contributed by atoms with Gasteiger partial charge in [-0.3, -0.25) is 4.79 Å². The summed E-state index contributed by atoms with van der Waals surface area (Å²) in [6.07, 6.45) is 7.44. The average molecular weight is 382 g/mol. The Morgan fingerprint density at radius 3 is 2.96 bits per heavy atom. The number of fused-ring (bicyclic) bond motifs is 4. The van der Waals surface area contributed by atoms with Crippen LogP contribution in [0.3, 0.4) is 0 Å². The summed E-state index contributed by atoms with van der Waals surface area (Å²) < 4.78 is 0. The Hall–Kier alpha value is -2.15. The highest BCUT2D eigenvalue weighted by molar-refractivity contribution is 7.99. The smallest absolute Gasteiger partial charge is 0.233 e. The van der Waals surface area contributed by atoms with E-state index in [-0.39, 0.29) is 5.91 Å². The Morgan fingerprint density at radius 1 is 1.15 bits per heavy atom. The van der Waals surface area contributed by atoms with Crippen LogP contribution in [0.1, 0.15) is 38.5 Å². The van der Waals surface area contributed by atoms with E-state index in [1.165, 1.54) is 43.9 Å². The number of aromatic amines is 1. The van der Waals surface area contributed by atoms with Crippen molar-refractivity contribution in [1.29, 1.82) is 0 Å². The van der Waals surface area contributed by atoms with Gasteiger partial charge in [0.25, 0.3) is 0 Å². The third-order valence-electron chi connectivity index (χ3n) is 5.99. The first-order valence-corrected chi connectivity index (χ1v) is 10.8. The van der Waals surface area contributed by atoms with Crippen LogP contribution in [0, 0.1) is 5.92 Å². The summed E-state index contributed by atoms with van der Waals surface area (Å²) in [5, 5.41) is 10.2. The van der Waals surface area contributed by atoms with Crippen molar-refractivity contribution in [2.45, 2.75) is 49.7 Å². The number of nitrogens with zero attached hydrogens (tertiary/aromatic N) is 4. The molecular formula is C20H23N5OS. The molecule has 1 N–H and O–H groups in total. The third kappa shape index (κ3) is 3.18. The first-order chi connectivity index (χ1) is 13.3. The summed E-state index contributed by atoms with van der Waals surface area (Å²) in [6, 6.07) is 8.44. The maximum atomic E-state index is 12.9. The van der Waals surface area contributed by atoms with Gasteiger partial charge in [-0.1, -0.05) is 42.8 Å². The second-order valence-corrected chi connectivity index (χ2v) is 8.53. The van der Waals surface area contributed by atoms with Gasteiger partial charge in [-0.25, -0.2) is 4.98 Å². The Kier molecular flexibility index (Phi) is 4.47. The quantitative estimate of drug-likeness (QED) is 0.699. The van der Waals surface area contributed by atoms with E-state index in [4.69, 9.17) is 0 Å². The van der Waals surface area contributed by atoms with Crippen LogP contribution < -0.4 is 0 Å². The van der Waals surface area contributed by atoms with Crippen molar-refractivity contribution in [3.05, 3.63) is 24.3 Å². The van der Waals surface area contributed by atoms with Crippen molar-refractivity contribution in [1.82, 2.24) is 25.1 Å². The maximum absolute atomic E-state index is 12.9. The zero-order valence-corrected chi connectivity index (χ0v) is 16.0. The van der Waals surface area contributed by atoms with E-state index in [0.717, 1.165) is 35.0 Å². The van der Waals surface area contributed by atoms with Crippen LogP contribution in [-0.2, 0) is 4.79 Å². The van der Waals surface area contributed by atoms with Crippen LogP contribution in [0.2, 0.25) is 0 Å². The minimum absolute atomic E-state index is 0.219. The van der Waals surface area contributed by atoms with Crippen molar-refractivity contribution in [3.63, 3.8) is 0 Å². The molecule has 3 heterocycles. The van der Waals surface area contributed by atoms with Gasteiger partial charge in [-0.05, 0) is 37.7 Å². The van der Waals surface area contributed by atoms with Gasteiger partial charge in [0.1, 0.15) is 5.52 Å². The fourth-order valence-corrected chi connectivity index (χ4v) is 5.38. The molecule has 7 heteroatoms. The number of carbonyl (C=O) groups excluding carboxylic acids is 1.